The number of hydrogen-bond acceptors (Lipinski definition) is 2. The summed E-state index contributed by atoms with van der Waals surface area (Å²) in [4.78, 5) is 27.5. The van der Waals surface area contributed by atoms with Crippen LogP contribution in [0.5, 0.6) is 0 Å². The van der Waals surface area contributed by atoms with Crippen LogP contribution in [0.15, 0.2) is 18.2 Å². The van der Waals surface area contributed by atoms with Crippen LogP contribution in [-0.4, -0.2) is 35.8 Å². The van der Waals surface area contributed by atoms with Crippen LogP contribution in [0.25, 0.3) is 0 Å². The molecule has 20 heavy (non-hydrogen) atoms. The summed E-state index contributed by atoms with van der Waals surface area (Å²) < 4.78 is 0. The highest BCUT2D eigenvalue weighted by Gasteiger charge is 2.34. The largest absolute Gasteiger partial charge is 0.329 e. The van der Waals surface area contributed by atoms with Crippen molar-refractivity contribution < 1.29 is 9.59 Å². The van der Waals surface area contributed by atoms with Crippen molar-refractivity contribution in [2.24, 2.45) is 0 Å². The molecule has 1 fully saturated rings. The van der Waals surface area contributed by atoms with E-state index in [0.717, 1.165) is 0 Å². The van der Waals surface area contributed by atoms with E-state index < -0.39 is 6.04 Å². The molecule has 4 nitrogen and oxygen atoms in total. The maximum atomic E-state index is 12.4. The molecular formula is C14H16Cl2N2O2. The van der Waals surface area contributed by atoms with Gasteiger partial charge >= 0.3 is 0 Å². The molecule has 0 spiro atoms. The lowest BCUT2D eigenvalue weighted by Crippen LogP contribution is -2.57. The van der Waals surface area contributed by atoms with E-state index in [1.54, 1.807) is 41.8 Å². The highest BCUT2D eigenvalue weighted by atomic mass is 35.5. The summed E-state index contributed by atoms with van der Waals surface area (Å²) in [6.45, 7) is 4.49. The van der Waals surface area contributed by atoms with Gasteiger partial charge in [-0.1, -0.05) is 30.1 Å². The fourth-order valence-corrected chi connectivity index (χ4v) is 2.86. The molecule has 1 aromatic rings. The van der Waals surface area contributed by atoms with Gasteiger partial charge in [-0.2, -0.15) is 0 Å². The number of carbonyl (C=O) groups is 2. The van der Waals surface area contributed by atoms with Crippen LogP contribution in [0.3, 0.4) is 0 Å². The standard InChI is InChI=1S/C14H16Cl2N2O2/c1-3-13(19)17-6-7-18(14(20)9(17)2)12-5-4-10(15)8-11(12)16/h4-5,8-9H,3,6-7H2,1-2H3. The van der Waals surface area contributed by atoms with Crippen LogP contribution in [0, 0.1) is 0 Å². The minimum atomic E-state index is -0.469. The van der Waals surface area contributed by atoms with Crippen LogP contribution < -0.4 is 4.90 Å². The second-order valence-electron chi connectivity index (χ2n) is 4.70. The van der Waals surface area contributed by atoms with Crippen LogP contribution in [0.1, 0.15) is 20.3 Å². The molecule has 1 saturated heterocycles. The van der Waals surface area contributed by atoms with E-state index in [0.29, 0.717) is 35.2 Å². The van der Waals surface area contributed by atoms with Crippen LogP contribution in [0.2, 0.25) is 10.0 Å². The van der Waals surface area contributed by atoms with Crippen LogP contribution >= 0.6 is 23.2 Å². The molecule has 0 aliphatic carbocycles. The summed E-state index contributed by atoms with van der Waals surface area (Å²) in [5, 5.41) is 0.965. The third-order valence-electron chi connectivity index (χ3n) is 3.48. The Bertz CT molecular complexity index is 548. The number of piperazine rings is 1. The van der Waals surface area contributed by atoms with Crippen molar-refractivity contribution in [3.63, 3.8) is 0 Å². The summed E-state index contributed by atoms with van der Waals surface area (Å²) in [5.74, 6) is -0.130. The van der Waals surface area contributed by atoms with Gasteiger partial charge in [-0.15, -0.1) is 0 Å². The highest BCUT2D eigenvalue weighted by Crippen LogP contribution is 2.30. The van der Waals surface area contributed by atoms with Gasteiger partial charge < -0.3 is 9.80 Å². The molecule has 2 amide bonds. The average Bonchev–Trinajstić information content (AvgIpc) is 2.42. The van der Waals surface area contributed by atoms with Gasteiger partial charge in [0.15, 0.2) is 0 Å². The Kier molecular flexibility index (Phi) is 4.55. The Morgan fingerprint density at radius 2 is 2.05 bits per heavy atom. The van der Waals surface area contributed by atoms with Crippen molar-refractivity contribution in [1.82, 2.24) is 4.90 Å². The molecular weight excluding hydrogens is 299 g/mol. The zero-order valence-corrected chi connectivity index (χ0v) is 12.9. The van der Waals surface area contributed by atoms with Gasteiger partial charge in [0, 0.05) is 24.5 Å². The fourth-order valence-electron chi connectivity index (χ4n) is 2.35. The molecule has 0 bridgehead atoms. The van der Waals surface area contributed by atoms with Crippen molar-refractivity contribution in [3.05, 3.63) is 28.2 Å². The Morgan fingerprint density at radius 3 is 2.65 bits per heavy atom. The molecule has 0 saturated carbocycles. The van der Waals surface area contributed by atoms with Crippen LogP contribution in [-0.2, 0) is 9.59 Å². The minimum absolute atomic E-state index is 0.00676. The van der Waals surface area contributed by atoms with Crippen LogP contribution in [0.4, 0.5) is 5.69 Å². The molecule has 6 heteroatoms. The first-order valence-corrected chi connectivity index (χ1v) is 7.27. The SMILES string of the molecule is CCC(=O)N1CCN(c2ccc(Cl)cc2Cl)C(=O)C1C. The van der Waals surface area contributed by atoms with Gasteiger partial charge in [0.1, 0.15) is 6.04 Å². The van der Waals surface area contributed by atoms with Gasteiger partial charge in [0.25, 0.3) is 0 Å². The first-order chi connectivity index (χ1) is 9.45. The third kappa shape index (κ3) is 2.76. The zero-order valence-electron chi connectivity index (χ0n) is 11.4. The number of benzene rings is 1. The monoisotopic (exact) mass is 314 g/mol. The van der Waals surface area contributed by atoms with Gasteiger partial charge in [-0.05, 0) is 25.1 Å². The maximum absolute atomic E-state index is 12.4. The van der Waals surface area contributed by atoms with E-state index in [1.165, 1.54) is 0 Å². The molecule has 1 aliphatic heterocycles. The van der Waals surface area contributed by atoms with Gasteiger partial charge in [0.05, 0.1) is 10.7 Å². The second-order valence-corrected chi connectivity index (χ2v) is 5.55. The molecule has 2 rings (SSSR count). The number of rotatable bonds is 2. The predicted molar refractivity (Wildman–Crippen MR) is 80.3 cm³/mol. The number of hydrogen-bond donors (Lipinski definition) is 0. The summed E-state index contributed by atoms with van der Waals surface area (Å²) in [5.41, 5.74) is 0.636. The second kappa shape index (κ2) is 6.02. The van der Waals surface area contributed by atoms with Crippen molar-refractivity contribution in [1.29, 1.82) is 0 Å². The Balaban J connectivity index is 2.24. The number of halogens is 2. The fraction of sp³-hybridized carbons (Fsp3) is 0.429. The number of amides is 2. The molecule has 1 heterocycles. The summed E-state index contributed by atoms with van der Waals surface area (Å²) in [6, 6.07) is 4.57. The zero-order chi connectivity index (χ0) is 14.9. The predicted octanol–water partition coefficient (Wildman–Crippen LogP) is 2.97. The molecule has 108 valence electrons. The summed E-state index contributed by atoms with van der Waals surface area (Å²) >= 11 is 12.0. The lowest BCUT2D eigenvalue weighted by molar-refractivity contribution is -0.140. The van der Waals surface area contributed by atoms with Gasteiger partial charge in [-0.25, -0.2) is 0 Å². The number of nitrogens with zero attached hydrogens (tertiary/aromatic N) is 2. The lowest BCUT2D eigenvalue weighted by atomic mass is 10.1. The maximum Gasteiger partial charge on any atom is 0.249 e. The molecule has 1 aromatic carbocycles. The van der Waals surface area contributed by atoms with Crippen molar-refractivity contribution in [2.45, 2.75) is 26.3 Å². The van der Waals surface area contributed by atoms with Gasteiger partial charge in [0.2, 0.25) is 11.8 Å². The van der Waals surface area contributed by atoms with E-state index in [4.69, 9.17) is 23.2 Å². The minimum Gasteiger partial charge on any atom is -0.329 e. The van der Waals surface area contributed by atoms with Crippen molar-refractivity contribution in [3.8, 4) is 0 Å². The quantitative estimate of drug-likeness (QED) is 0.842. The highest BCUT2D eigenvalue weighted by molar-refractivity contribution is 6.36. The normalized spacial score (nSPS) is 19.4. The van der Waals surface area contributed by atoms with E-state index in [-0.39, 0.29) is 11.8 Å². The molecule has 0 aromatic heterocycles. The number of carbonyl (C=O) groups excluding carboxylic acids is 2. The van der Waals surface area contributed by atoms with E-state index in [1.807, 2.05) is 0 Å². The summed E-state index contributed by atoms with van der Waals surface area (Å²) in [7, 11) is 0. The first kappa shape index (κ1) is 15.1. The Labute approximate surface area is 128 Å². The van der Waals surface area contributed by atoms with Crippen molar-refractivity contribution >= 4 is 40.7 Å². The molecule has 1 unspecified atom stereocenters. The first-order valence-electron chi connectivity index (χ1n) is 6.51. The topological polar surface area (TPSA) is 40.6 Å². The lowest BCUT2D eigenvalue weighted by Gasteiger charge is -2.39. The van der Waals surface area contributed by atoms with Gasteiger partial charge in [-0.3, -0.25) is 9.59 Å². The number of anilines is 1. The Hall–Kier alpha value is -1.26. The van der Waals surface area contributed by atoms with E-state index in [2.05, 4.69) is 0 Å². The molecule has 0 N–H and O–H groups in total. The molecule has 1 atom stereocenters. The van der Waals surface area contributed by atoms with E-state index in [9.17, 15) is 9.59 Å². The van der Waals surface area contributed by atoms with E-state index >= 15 is 0 Å². The third-order valence-corrected chi connectivity index (χ3v) is 4.02. The van der Waals surface area contributed by atoms with Crippen molar-refractivity contribution in [2.75, 3.05) is 18.0 Å². The molecule has 1 aliphatic rings. The Morgan fingerprint density at radius 1 is 1.35 bits per heavy atom. The summed E-state index contributed by atoms with van der Waals surface area (Å²) in [6.07, 6.45) is 0.402. The average molecular weight is 315 g/mol. The molecule has 0 radical (unpaired) electrons. The smallest absolute Gasteiger partial charge is 0.249 e.